The van der Waals surface area contributed by atoms with E-state index in [1.165, 1.54) is 38.0 Å². The Balaban J connectivity index is 2.17. The summed E-state index contributed by atoms with van der Waals surface area (Å²) in [6, 6.07) is 2.89. The van der Waals surface area contributed by atoms with Gasteiger partial charge in [0.1, 0.15) is 5.56 Å². The van der Waals surface area contributed by atoms with Gasteiger partial charge in [0.25, 0.3) is 5.56 Å². The van der Waals surface area contributed by atoms with Crippen LogP contribution in [0.2, 0.25) is 0 Å². The molecule has 0 spiro atoms. The van der Waals surface area contributed by atoms with Crippen LogP contribution in [0.25, 0.3) is 0 Å². The molecule has 1 aliphatic rings. The average Bonchev–Trinajstić information content (AvgIpc) is 3.20. The van der Waals surface area contributed by atoms with Crippen LogP contribution in [0, 0.1) is 4.77 Å². The molecule has 0 saturated carbocycles. The van der Waals surface area contributed by atoms with E-state index in [9.17, 15) is 14.7 Å². The molecule has 0 fully saturated rings. The standard InChI is InChI=1S/C20H24N4O6S/c1-6-14(25)24-12(10-7-8-13(28-3)17(30-5)16(10)29-4)9-11(22-24)15-18(26)21-20(31)23(2)19(15)27/h7-8,12,27H,6,9H2,1-5H3,(H,21,26,31). The van der Waals surface area contributed by atoms with Crippen molar-refractivity contribution < 1.29 is 24.1 Å². The van der Waals surface area contributed by atoms with Crippen molar-refractivity contribution in [1.29, 1.82) is 0 Å². The molecule has 1 aromatic heterocycles. The first kappa shape index (κ1) is 22.3. The second-order valence-corrected chi connectivity index (χ2v) is 7.19. The fourth-order valence-electron chi connectivity index (χ4n) is 3.55. The molecule has 166 valence electrons. The van der Waals surface area contributed by atoms with Gasteiger partial charge in [0, 0.05) is 25.5 Å². The van der Waals surface area contributed by atoms with E-state index in [2.05, 4.69) is 10.1 Å². The van der Waals surface area contributed by atoms with Gasteiger partial charge in [-0.2, -0.15) is 5.10 Å². The molecule has 2 heterocycles. The molecule has 0 aliphatic carbocycles. The summed E-state index contributed by atoms with van der Waals surface area (Å²) >= 11 is 5.03. The molecule has 0 radical (unpaired) electrons. The molecule has 0 saturated heterocycles. The number of aromatic nitrogens is 2. The molecule has 1 aliphatic heterocycles. The molecule has 2 aromatic rings. The molecular formula is C20H24N4O6S. The van der Waals surface area contributed by atoms with Gasteiger partial charge >= 0.3 is 0 Å². The third kappa shape index (κ3) is 3.76. The highest BCUT2D eigenvalue weighted by Crippen LogP contribution is 2.46. The van der Waals surface area contributed by atoms with E-state index in [1.807, 2.05) is 0 Å². The van der Waals surface area contributed by atoms with Crippen LogP contribution < -0.4 is 19.8 Å². The third-order valence-electron chi connectivity index (χ3n) is 5.14. The molecule has 0 bridgehead atoms. The lowest BCUT2D eigenvalue weighted by molar-refractivity contribution is -0.132. The number of hydrogen-bond donors (Lipinski definition) is 2. The van der Waals surface area contributed by atoms with Crippen LogP contribution in [0.5, 0.6) is 23.1 Å². The maximum atomic E-state index is 12.7. The van der Waals surface area contributed by atoms with Crippen molar-refractivity contribution in [2.75, 3.05) is 21.3 Å². The monoisotopic (exact) mass is 448 g/mol. The lowest BCUT2D eigenvalue weighted by Crippen LogP contribution is -2.26. The van der Waals surface area contributed by atoms with E-state index >= 15 is 0 Å². The van der Waals surface area contributed by atoms with Crippen molar-refractivity contribution in [3.63, 3.8) is 0 Å². The van der Waals surface area contributed by atoms with E-state index in [1.54, 1.807) is 19.1 Å². The quantitative estimate of drug-likeness (QED) is 0.651. The van der Waals surface area contributed by atoms with Gasteiger partial charge in [-0.3, -0.25) is 19.1 Å². The minimum atomic E-state index is -0.580. The van der Waals surface area contributed by atoms with Gasteiger partial charge in [-0.25, -0.2) is 5.01 Å². The number of aromatic amines is 1. The maximum Gasteiger partial charge on any atom is 0.264 e. The van der Waals surface area contributed by atoms with E-state index < -0.39 is 11.6 Å². The molecule has 2 N–H and O–H groups in total. The van der Waals surface area contributed by atoms with E-state index in [4.69, 9.17) is 26.4 Å². The zero-order chi connectivity index (χ0) is 22.9. The van der Waals surface area contributed by atoms with Crippen LogP contribution in [0.1, 0.15) is 36.9 Å². The molecular weight excluding hydrogens is 424 g/mol. The van der Waals surface area contributed by atoms with E-state index in [0.29, 0.717) is 22.8 Å². The predicted octanol–water partition coefficient (Wildman–Crippen LogP) is 2.26. The number of ether oxygens (including phenoxy) is 3. The number of nitrogens with one attached hydrogen (secondary N) is 1. The van der Waals surface area contributed by atoms with Gasteiger partial charge in [0.15, 0.2) is 16.3 Å². The highest BCUT2D eigenvalue weighted by atomic mass is 32.1. The maximum absolute atomic E-state index is 12.7. The van der Waals surface area contributed by atoms with Crippen molar-refractivity contribution in [2.45, 2.75) is 25.8 Å². The van der Waals surface area contributed by atoms with E-state index in [-0.39, 0.29) is 40.7 Å². The lowest BCUT2D eigenvalue weighted by atomic mass is 9.97. The zero-order valence-electron chi connectivity index (χ0n) is 17.9. The van der Waals surface area contributed by atoms with Crippen LogP contribution in [0.4, 0.5) is 0 Å². The van der Waals surface area contributed by atoms with Crippen LogP contribution in [0.15, 0.2) is 22.0 Å². The fraction of sp³-hybridized carbons (Fsp3) is 0.400. The summed E-state index contributed by atoms with van der Waals surface area (Å²) in [6.45, 7) is 1.72. The number of benzene rings is 1. The number of nitrogens with zero attached hydrogens (tertiary/aromatic N) is 3. The zero-order valence-corrected chi connectivity index (χ0v) is 18.7. The van der Waals surface area contributed by atoms with Crippen LogP contribution in [-0.4, -0.2) is 52.6 Å². The van der Waals surface area contributed by atoms with Crippen LogP contribution >= 0.6 is 12.2 Å². The molecule has 1 unspecified atom stereocenters. The highest BCUT2D eigenvalue weighted by molar-refractivity contribution is 7.71. The Kier molecular flexibility index (Phi) is 6.34. The Morgan fingerprint density at radius 2 is 1.94 bits per heavy atom. The van der Waals surface area contributed by atoms with E-state index in [0.717, 1.165) is 0 Å². The first-order chi connectivity index (χ1) is 14.8. The van der Waals surface area contributed by atoms with Gasteiger partial charge < -0.3 is 19.3 Å². The largest absolute Gasteiger partial charge is 0.494 e. The molecule has 11 heteroatoms. The Morgan fingerprint density at radius 1 is 1.26 bits per heavy atom. The molecule has 10 nitrogen and oxygen atoms in total. The predicted molar refractivity (Wildman–Crippen MR) is 116 cm³/mol. The van der Waals surface area contributed by atoms with Crippen molar-refractivity contribution >= 4 is 23.8 Å². The Hall–Kier alpha value is -3.34. The van der Waals surface area contributed by atoms with Crippen LogP contribution in [-0.2, 0) is 11.8 Å². The summed E-state index contributed by atoms with van der Waals surface area (Å²) in [6.07, 6.45) is 0.370. The average molecular weight is 449 g/mol. The number of aromatic hydroxyl groups is 1. The number of carbonyl (C=O) groups excluding carboxylic acids is 1. The second-order valence-electron chi connectivity index (χ2n) is 6.80. The highest BCUT2D eigenvalue weighted by Gasteiger charge is 2.37. The summed E-state index contributed by atoms with van der Waals surface area (Å²) < 4.78 is 17.7. The number of carbonyl (C=O) groups is 1. The summed E-state index contributed by atoms with van der Waals surface area (Å²) in [5.41, 5.74) is 0.268. The van der Waals surface area contributed by atoms with Crippen LogP contribution in [0.3, 0.4) is 0 Å². The number of H-pyrrole nitrogens is 1. The van der Waals surface area contributed by atoms with Crippen molar-refractivity contribution in [2.24, 2.45) is 12.1 Å². The SMILES string of the molecule is CCC(=O)N1N=C(c2c(O)n(C)c(=S)[nH]c2=O)CC1c1ccc(OC)c(OC)c1OC. The smallest absolute Gasteiger partial charge is 0.264 e. The number of rotatable bonds is 6. The fourth-order valence-corrected chi connectivity index (χ4v) is 3.73. The van der Waals surface area contributed by atoms with Crippen molar-refractivity contribution in [3.05, 3.63) is 38.4 Å². The number of methoxy groups -OCH3 is 3. The van der Waals surface area contributed by atoms with Crippen molar-refractivity contribution in [3.8, 4) is 23.1 Å². The number of hydrazone groups is 1. The molecule has 1 aromatic carbocycles. The van der Waals surface area contributed by atoms with Crippen molar-refractivity contribution in [1.82, 2.24) is 14.6 Å². The molecule has 1 amide bonds. The molecule has 31 heavy (non-hydrogen) atoms. The normalized spacial score (nSPS) is 15.6. The van der Waals surface area contributed by atoms with Gasteiger partial charge in [-0.05, 0) is 24.4 Å². The second kappa shape index (κ2) is 8.80. The summed E-state index contributed by atoms with van der Waals surface area (Å²) in [5, 5.41) is 16.2. The van der Waals surface area contributed by atoms with Gasteiger partial charge in [-0.1, -0.05) is 6.92 Å². The number of hydrogen-bond acceptors (Lipinski definition) is 8. The van der Waals surface area contributed by atoms with Gasteiger partial charge in [-0.15, -0.1) is 0 Å². The third-order valence-corrected chi connectivity index (χ3v) is 5.52. The Bertz CT molecular complexity index is 1170. The first-order valence-electron chi connectivity index (χ1n) is 9.49. The molecule has 1 atom stereocenters. The minimum Gasteiger partial charge on any atom is -0.494 e. The lowest BCUT2D eigenvalue weighted by Gasteiger charge is -2.24. The topological polar surface area (TPSA) is 118 Å². The molecule has 3 rings (SSSR count). The number of amides is 1. The first-order valence-corrected chi connectivity index (χ1v) is 9.90. The Morgan fingerprint density at radius 3 is 2.52 bits per heavy atom. The summed E-state index contributed by atoms with van der Waals surface area (Å²) in [7, 11) is 6.01. The summed E-state index contributed by atoms with van der Waals surface area (Å²) in [4.78, 5) is 27.8. The summed E-state index contributed by atoms with van der Waals surface area (Å²) in [5.74, 6) is 0.662. The Labute approximate surface area is 183 Å². The minimum absolute atomic E-state index is 0.0352. The van der Waals surface area contributed by atoms with Gasteiger partial charge in [0.2, 0.25) is 17.5 Å². The van der Waals surface area contributed by atoms with Gasteiger partial charge in [0.05, 0.1) is 33.1 Å².